The number of ether oxygens (including phenoxy) is 1. The summed E-state index contributed by atoms with van der Waals surface area (Å²) in [7, 11) is -2.99. The van der Waals surface area contributed by atoms with Crippen LogP contribution < -0.4 is 10.3 Å². The fourth-order valence-electron chi connectivity index (χ4n) is 2.04. The molecule has 0 fully saturated rings. The fraction of sp³-hybridized carbons (Fsp3) is 0.125. The highest BCUT2D eigenvalue weighted by Crippen LogP contribution is 2.16. The maximum absolute atomic E-state index is 12.4. The second-order valence-electron chi connectivity index (χ2n) is 4.86. The molecule has 0 aliphatic rings. The van der Waals surface area contributed by atoms with Crippen molar-refractivity contribution in [1.29, 1.82) is 0 Å². The average molecular weight is 348 g/mol. The number of esters is 1. The normalized spacial score (nSPS) is 10.9. The molecule has 2 aromatic rings. The van der Waals surface area contributed by atoms with Crippen molar-refractivity contribution in [2.24, 2.45) is 0 Å². The highest BCUT2D eigenvalue weighted by molar-refractivity contribution is 7.89. The van der Waals surface area contributed by atoms with Gasteiger partial charge in [0, 0.05) is 5.56 Å². The van der Waals surface area contributed by atoms with Crippen LogP contribution >= 0.6 is 0 Å². The van der Waals surface area contributed by atoms with E-state index in [1.165, 1.54) is 24.3 Å². The zero-order valence-corrected chi connectivity index (χ0v) is 13.9. The lowest BCUT2D eigenvalue weighted by Crippen LogP contribution is -2.42. The van der Waals surface area contributed by atoms with Gasteiger partial charge in [-0.25, -0.2) is 13.2 Å². The summed E-state index contributed by atoms with van der Waals surface area (Å²) < 4.78 is 29.3. The number of rotatable bonds is 5. The zero-order chi connectivity index (χ0) is 17.7. The molecule has 0 heterocycles. The summed E-state index contributed by atoms with van der Waals surface area (Å²) in [5.41, 5.74) is 3.04. The van der Waals surface area contributed by atoms with E-state index in [0.29, 0.717) is 11.1 Å². The number of aryl methyl sites for hydroxylation is 1. The number of hydrogen-bond acceptors (Lipinski definition) is 5. The zero-order valence-electron chi connectivity index (χ0n) is 13.1. The van der Waals surface area contributed by atoms with Gasteiger partial charge < -0.3 is 4.74 Å². The van der Waals surface area contributed by atoms with Crippen molar-refractivity contribution < 1.29 is 22.7 Å². The molecule has 24 heavy (non-hydrogen) atoms. The Balaban J connectivity index is 2.23. The summed E-state index contributed by atoms with van der Waals surface area (Å²) in [5, 5.41) is 0. The Bertz CT molecular complexity index is 878. The second-order valence-corrected chi connectivity index (χ2v) is 6.51. The first kappa shape index (κ1) is 17.6. The van der Waals surface area contributed by atoms with Crippen LogP contribution in [0.15, 0.2) is 53.4 Å². The molecular formula is C16H16N2O5S. The largest absolute Gasteiger partial charge is 0.465 e. The molecule has 8 heteroatoms. The Morgan fingerprint density at radius 3 is 2.17 bits per heavy atom. The first-order valence-electron chi connectivity index (χ1n) is 6.92. The van der Waals surface area contributed by atoms with Crippen LogP contribution in [0.3, 0.4) is 0 Å². The molecule has 0 spiro atoms. The van der Waals surface area contributed by atoms with Gasteiger partial charge in [0.25, 0.3) is 15.9 Å². The number of carbonyl (C=O) groups excluding carboxylic acids is 2. The Hall–Kier alpha value is -2.71. The van der Waals surface area contributed by atoms with Crippen molar-refractivity contribution in [2.75, 3.05) is 7.11 Å². The van der Waals surface area contributed by atoms with E-state index in [1.807, 2.05) is 4.83 Å². The predicted octanol–water partition coefficient (Wildman–Crippen LogP) is 1.40. The topological polar surface area (TPSA) is 102 Å². The van der Waals surface area contributed by atoms with E-state index >= 15 is 0 Å². The molecule has 2 rings (SSSR count). The SMILES string of the molecule is COC(=O)c1ccccc1S(=O)(=O)NNC(=O)c1ccccc1C. The number of benzene rings is 2. The van der Waals surface area contributed by atoms with Crippen molar-refractivity contribution in [1.82, 2.24) is 10.3 Å². The van der Waals surface area contributed by atoms with Gasteiger partial charge in [-0.3, -0.25) is 10.2 Å². The first-order chi connectivity index (χ1) is 11.4. The van der Waals surface area contributed by atoms with Gasteiger partial charge in [-0.1, -0.05) is 30.3 Å². The van der Waals surface area contributed by atoms with Crippen molar-refractivity contribution in [2.45, 2.75) is 11.8 Å². The van der Waals surface area contributed by atoms with Gasteiger partial charge in [-0.2, -0.15) is 0 Å². The number of nitrogens with one attached hydrogen (secondary N) is 2. The third kappa shape index (κ3) is 3.79. The smallest absolute Gasteiger partial charge is 0.339 e. The number of hydrogen-bond donors (Lipinski definition) is 2. The Morgan fingerprint density at radius 2 is 1.54 bits per heavy atom. The lowest BCUT2D eigenvalue weighted by Gasteiger charge is -2.12. The summed E-state index contributed by atoms with van der Waals surface area (Å²) in [4.78, 5) is 25.5. The van der Waals surface area contributed by atoms with Crippen LogP contribution in [0.4, 0.5) is 0 Å². The fourth-order valence-corrected chi connectivity index (χ4v) is 3.08. The molecule has 0 saturated heterocycles. The molecular weight excluding hydrogens is 332 g/mol. The molecule has 0 aromatic heterocycles. The van der Waals surface area contributed by atoms with Crippen LogP contribution in [0.2, 0.25) is 0 Å². The number of methoxy groups -OCH3 is 1. The van der Waals surface area contributed by atoms with Crippen molar-refractivity contribution in [3.63, 3.8) is 0 Å². The van der Waals surface area contributed by atoms with Crippen LogP contribution in [0.25, 0.3) is 0 Å². The summed E-state index contributed by atoms with van der Waals surface area (Å²) in [5.74, 6) is -1.39. The summed E-state index contributed by atoms with van der Waals surface area (Å²) in [6.07, 6.45) is 0. The predicted molar refractivity (Wildman–Crippen MR) is 86.7 cm³/mol. The van der Waals surface area contributed by atoms with Crippen LogP contribution in [0, 0.1) is 6.92 Å². The van der Waals surface area contributed by atoms with Crippen molar-refractivity contribution >= 4 is 21.9 Å². The summed E-state index contributed by atoms with van der Waals surface area (Å²) >= 11 is 0. The molecule has 126 valence electrons. The van der Waals surface area contributed by atoms with Gasteiger partial charge in [0.2, 0.25) is 0 Å². The van der Waals surface area contributed by atoms with Gasteiger partial charge in [0.05, 0.1) is 17.6 Å². The van der Waals surface area contributed by atoms with Crippen LogP contribution in [0.1, 0.15) is 26.3 Å². The van der Waals surface area contributed by atoms with Crippen LogP contribution in [0.5, 0.6) is 0 Å². The first-order valence-corrected chi connectivity index (χ1v) is 8.40. The molecule has 0 unspecified atom stereocenters. The maximum Gasteiger partial charge on any atom is 0.339 e. The highest BCUT2D eigenvalue weighted by Gasteiger charge is 2.23. The van der Waals surface area contributed by atoms with Gasteiger partial charge in [0.15, 0.2) is 0 Å². The van der Waals surface area contributed by atoms with E-state index in [-0.39, 0.29) is 10.5 Å². The summed E-state index contributed by atoms with van der Waals surface area (Å²) in [6, 6.07) is 12.3. The Labute approximate surface area is 139 Å². The van der Waals surface area contributed by atoms with Crippen LogP contribution in [-0.4, -0.2) is 27.4 Å². The number of amides is 1. The number of hydrazine groups is 1. The molecule has 0 aliphatic carbocycles. The average Bonchev–Trinajstić information content (AvgIpc) is 2.59. The second kappa shape index (κ2) is 7.24. The molecule has 0 aliphatic heterocycles. The standard InChI is InChI=1S/C16H16N2O5S/c1-11-7-3-4-8-12(11)15(19)17-18-24(21,22)14-10-6-5-9-13(14)16(20)23-2/h3-10,18H,1-2H3,(H,17,19). The molecule has 0 radical (unpaired) electrons. The van der Waals surface area contributed by atoms with E-state index in [9.17, 15) is 18.0 Å². The third-order valence-electron chi connectivity index (χ3n) is 3.27. The van der Waals surface area contributed by atoms with Gasteiger partial charge in [-0.15, -0.1) is 4.83 Å². The number of sulfonamides is 1. The van der Waals surface area contributed by atoms with Gasteiger partial charge in [0.1, 0.15) is 0 Å². The molecule has 2 N–H and O–H groups in total. The third-order valence-corrected chi connectivity index (χ3v) is 4.58. The van der Waals surface area contributed by atoms with Gasteiger partial charge in [-0.05, 0) is 30.7 Å². The molecule has 1 amide bonds. The Morgan fingerprint density at radius 1 is 0.958 bits per heavy atom. The van der Waals surface area contributed by atoms with Crippen molar-refractivity contribution in [3.8, 4) is 0 Å². The van der Waals surface area contributed by atoms with E-state index < -0.39 is 21.9 Å². The van der Waals surface area contributed by atoms with E-state index in [1.54, 1.807) is 31.2 Å². The minimum Gasteiger partial charge on any atom is -0.465 e. The maximum atomic E-state index is 12.4. The molecule has 7 nitrogen and oxygen atoms in total. The quantitative estimate of drug-likeness (QED) is 0.628. The van der Waals surface area contributed by atoms with Gasteiger partial charge >= 0.3 is 5.97 Å². The van der Waals surface area contributed by atoms with Crippen molar-refractivity contribution in [3.05, 3.63) is 65.2 Å². The molecule has 2 aromatic carbocycles. The summed E-state index contributed by atoms with van der Waals surface area (Å²) in [6.45, 7) is 1.73. The molecule has 0 saturated carbocycles. The van der Waals surface area contributed by atoms with E-state index in [0.717, 1.165) is 7.11 Å². The minimum atomic E-state index is -4.14. The molecule has 0 atom stereocenters. The highest BCUT2D eigenvalue weighted by atomic mass is 32.2. The number of carbonyl (C=O) groups is 2. The lowest BCUT2D eigenvalue weighted by atomic mass is 10.1. The Kier molecular flexibility index (Phi) is 5.32. The van der Waals surface area contributed by atoms with E-state index in [4.69, 9.17) is 0 Å². The van der Waals surface area contributed by atoms with Crippen LogP contribution in [-0.2, 0) is 14.8 Å². The minimum absolute atomic E-state index is 0.127. The lowest BCUT2D eigenvalue weighted by molar-refractivity contribution is 0.0596. The monoisotopic (exact) mass is 348 g/mol. The molecule has 0 bridgehead atoms. The van der Waals surface area contributed by atoms with E-state index in [2.05, 4.69) is 10.2 Å².